The van der Waals surface area contributed by atoms with E-state index in [2.05, 4.69) is 16.0 Å². The van der Waals surface area contributed by atoms with Gasteiger partial charge in [-0.15, -0.1) is 0 Å². The van der Waals surface area contributed by atoms with Gasteiger partial charge in [0.05, 0.1) is 12.2 Å². The molecule has 1 fully saturated rings. The van der Waals surface area contributed by atoms with Gasteiger partial charge in [0.1, 0.15) is 5.75 Å². The van der Waals surface area contributed by atoms with E-state index >= 15 is 0 Å². The molecule has 0 aromatic heterocycles. The molecule has 1 saturated heterocycles. The minimum Gasteiger partial charge on any atom is -0.491 e. The van der Waals surface area contributed by atoms with E-state index in [1.165, 1.54) is 0 Å². The minimum atomic E-state index is -0.345. The molecule has 0 aliphatic carbocycles. The maximum absolute atomic E-state index is 12.6. The van der Waals surface area contributed by atoms with Crippen molar-refractivity contribution in [3.63, 3.8) is 0 Å². The fourth-order valence-corrected chi connectivity index (χ4v) is 3.43. The van der Waals surface area contributed by atoms with Gasteiger partial charge in [-0.05, 0) is 74.8 Å². The second-order valence-electron chi connectivity index (χ2n) is 7.70. The molecule has 32 heavy (non-hydrogen) atoms. The molecule has 2 amide bonds. The van der Waals surface area contributed by atoms with E-state index in [-0.39, 0.29) is 29.1 Å². The maximum Gasteiger partial charge on any atom is 0.257 e. The average molecular weight is 456 g/mol. The van der Waals surface area contributed by atoms with Gasteiger partial charge in [0.2, 0.25) is 0 Å². The van der Waals surface area contributed by atoms with Crippen molar-refractivity contribution in [2.75, 3.05) is 18.5 Å². The minimum absolute atomic E-state index is 0.0613. The van der Waals surface area contributed by atoms with E-state index in [4.69, 9.17) is 21.7 Å². The number of benzene rings is 2. The van der Waals surface area contributed by atoms with Crippen molar-refractivity contribution in [2.45, 2.75) is 45.3 Å². The van der Waals surface area contributed by atoms with Gasteiger partial charge in [0, 0.05) is 30.0 Å². The number of rotatable bonds is 8. The Kier molecular flexibility index (Phi) is 8.58. The molecule has 8 heteroatoms. The van der Waals surface area contributed by atoms with Crippen LogP contribution in [-0.2, 0) is 4.74 Å². The maximum atomic E-state index is 12.6. The van der Waals surface area contributed by atoms with Crippen LogP contribution in [0.4, 0.5) is 5.69 Å². The molecule has 0 bridgehead atoms. The number of carbonyl (C=O) groups excluding carboxylic acids is 2. The molecule has 3 N–H and O–H groups in total. The van der Waals surface area contributed by atoms with E-state index in [9.17, 15) is 9.59 Å². The summed E-state index contributed by atoms with van der Waals surface area (Å²) in [5, 5.41) is 8.64. The van der Waals surface area contributed by atoms with E-state index in [1.54, 1.807) is 42.5 Å². The third kappa shape index (κ3) is 7.03. The Balaban J connectivity index is 1.54. The van der Waals surface area contributed by atoms with Crippen LogP contribution in [0.5, 0.6) is 5.75 Å². The third-order valence-corrected chi connectivity index (χ3v) is 5.34. The first kappa shape index (κ1) is 23.7. The fraction of sp³-hybridized carbons (Fsp3) is 0.375. The molecular weight excluding hydrogens is 426 g/mol. The molecule has 1 aliphatic rings. The van der Waals surface area contributed by atoms with Crippen LogP contribution < -0.4 is 20.7 Å². The Morgan fingerprint density at radius 1 is 1.16 bits per heavy atom. The number of amides is 2. The standard InChI is InChI=1S/C24H29N3O4S/c1-3-16(2)31-20-10-5-8-18(14-20)23(29)27-24(32)26-19-9-4-7-17(13-19)22(28)25-15-21-11-6-12-30-21/h4-5,7-10,13-14,16,21H,3,6,11-12,15H2,1-2H3,(H,25,28)(H2,26,27,29,32). The first-order valence-corrected chi connectivity index (χ1v) is 11.2. The van der Waals surface area contributed by atoms with E-state index in [1.807, 2.05) is 19.9 Å². The highest BCUT2D eigenvalue weighted by atomic mass is 32.1. The number of nitrogens with one attached hydrogen (secondary N) is 3. The second kappa shape index (κ2) is 11.6. The highest BCUT2D eigenvalue weighted by molar-refractivity contribution is 7.80. The summed E-state index contributed by atoms with van der Waals surface area (Å²) in [4.78, 5) is 25.0. The van der Waals surface area contributed by atoms with Crippen molar-refractivity contribution in [3.05, 3.63) is 59.7 Å². The lowest BCUT2D eigenvalue weighted by atomic mass is 10.1. The van der Waals surface area contributed by atoms with Gasteiger partial charge in [-0.1, -0.05) is 19.1 Å². The summed E-state index contributed by atoms with van der Waals surface area (Å²) in [6, 6.07) is 13.9. The summed E-state index contributed by atoms with van der Waals surface area (Å²) in [6.07, 6.45) is 3.00. The van der Waals surface area contributed by atoms with Gasteiger partial charge in [-0.2, -0.15) is 0 Å². The Morgan fingerprint density at radius 2 is 1.91 bits per heavy atom. The molecule has 2 atom stereocenters. The molecule has 0 saturated carbocycles. The van der Waals surface area contributed by atoms with Crippen LogP contribution in [0, 0.1) is 0 Å². The molecule has 0 spiro atoms. The largest absolute Gasteiger partial charge is 0.491 e. The Bertz CT molecular complexity index is 960. The monoisotopic (exact) mass is 455 g/mol. The fourth-order valence-electron chi connectivity index (χ4n) is 3.22. The number of carbonyl (C=O) groups is 2. The zero-order valence-electron chi connectivity index (χ0n) is 18.4. The van der Waals surface area contributed by atoms with Gasteiger partial charge in [0.15, 0.2) is 5.11 Å². The van der Waals surface area contributed by atoms with Crippen molar-refractivity contribution in [1.29, 1.82) is 0 Å². The average Bonchev–Trinajstić information content (AvgIpc) is 3.31. The van der Waals surface area contributed by atoms with Crippen molar-refractivity contribution < 1.29 is 19.1 Å². The lowest BCUT2D eigenvalue weighted by molar-refractivity contribution is 0.0857. The zero-order valence-corrected chi connectivity index (χ0v) is 19.2. The number of thiocarbonyl (C=S) groups is 1. The van der Waals surface area contributed by atoms with Gasteiger partial charge in [0.25, 0.3) is 11.8 Å². The molecule has 1 aliphatic heterocycles. The third-order valence-electron chi connectivity index (χ3n) is 5.13. The van der Waals surface area contributed by atoms with Crippen LogP contribution in [0.2, 0.25) is 0 Å². The smallest absolute Gasteiger partial charge is 0.257 e. The van der Waals surface area contributed by atoms with Gasteiger partial charge < -0.3 is 20.1 Å². The molecule has 0 radical (unpaired) electrons. The van der Waals surface area contributed by atoms with Crippen molar-refractivity contribution in [2.24, 2.45) is 0 Å². The number of hydrogen-bond acceptors (Lipinski definition) is 5. The van der Waals surface area contributed by atoms with E-state index in [0.29, 0.717) is 29.1 Å². The first-order valence-electron chi connectivity index (χ1n) is 10.8. The number of ether oxygens (including phenoxy) is 2. The van der Waals surface area contributed by atoms with Crippen LogP contribution in [0.3, 0.4) is 0 Å². The summed E-state index contributed by atoms with van der Waals surface area (Å²) in [7, 11) is 0. The summed E-state index contributed by atoms with van der Waals surface area (Å²) in [5.41, 5.74) is 1.54. The van der Waals surface area contributed by atoms with Crippen LogP contribution in [0.1, 0.15) is 53.8 Å². The van der Waals surface area contributed by atoms with E-state index < -0.39 is 0 Å². The van der Waals surface area contributed by atoms with Gasteiger partial charge in [-0.25, -0.2) is 0 Å². The van der Waals surface area contributed by atoms with Crippen LogP contribution in [0.15, 0.2) is 48.5 Å². The summed E-state index contributed by atoms with van der Waals surface area (Å²) in [5.74, 6) is 0.104. The Morgan fingerprint density at radius 3 is 2.62 bits per heavy atom. The quantitative estimate of drug-likeness (QED) is 0.523. The molecule has 1 heterocycles. The predicted octanol–water partition coefficient (Wildman–Crippen LogP) is 3.90. The zero-order chi connectivity index (χ0) is 22.9. The highest BCUT2D eigenvalue weighted by Gasteiger charge is 2.17. The number of anilines is 1. The van der Waals surface area contributed by atoms with Gasteiger partial charge >= 0.3 is 0 Å². The predicted molar refractivity (Wildman–Crippen MR) is 128 cm³/mol. The van der Waals surface area contributed by atoms with Crippen LogP contribution in [0.25, 0.3) is 0 Å². The van der Waals surface area contributed by atoms with Crippen molar-refractivity contribution in [1.82, 2.24) is 10.6 Å². The van der Waals surface area contributed by atoms with Crippen LogP contribution >= 0.6 is 12.2 Å². The Labute approximate surface area is 193 Å². The topological polar surface area (TPSA) is 88.7 Å². The molecule has 2 aromatic rings. The normalized spacial score (nSPS) is 16.1. The molecule has 2 unspecified atom stereocenters. The summed E-state index contributed by atoms with van der Waals surface area (Å²) in [6.45, 7) is 5.25. The van der Waals surface area contributed by atoms with E-state index in [0.717, 1.165) is 25.9 Å². The second-order valence-corrected chi connectivity index (χ2v) is 8.11. The molecule has 170 valence electrons. The number of hydrogen-bond donors (Lipinski definition) is 3. The van der Waals surface area contributed by atoms with Gasteiger partial charge in [-0.3, -0.25) is 14.9 Å². The lowest BCUT2D eigenvalue weighted by Crippen LogP contribution is -2.34. The SMILES string of the molecule is CCC(C)Oc1cccc(C(=O)NC(=S)Nc2cccc(C(=O)NCC3CCCO3)c2)c1. The summed E-state index contributed by atoms with van der Waals surface area (Å²) < 4.78 is 11.3. The highest BCUT2D eigenvalue weighted by Crippen LogP contribution is 2.16. The molecule has 2 aromatic carbocycles. The molecule has 7 nitrogen and oxygen atoms in total. The lowest BCUT2D eigenvalue weighted by Gasteiger charge is -2.14. The van der Waals surface area contributed by atoms with Crippen molar-refractivity contribution >= 4 is 34.8 Å². The van der Waals surface area contributed by atoms with Crippen LogP contribution in [-0.4, -0.2) is 42.3 Å². The molecule has 3 rings (SSSR count). The Hall–Kier alpha value is -2.97. The summed E-state index contributed by atoms with van der Waals surface area (Å²) >= 11 is 5.28. The van der Waals surface area contributed by atoms with Crippen molar-refractivity contribution in [3.8, 4) is 5.75 Å². The first-order chi connectivity index (χ1) is 15.4. The molecular formula is C24H29N3O4S.